The molecule has 0 atom stereocenters. The zero-order valence-corrected chi connectivity index (χ0v) is 12.0. The molecule has 1 rings (SSSR count). The predicted molar refractivity (Wildman–Crippen MR) is 71.3 cm³/mol. The Kier molecular flexibility index (Phi) is 6.01. The molecule has 0 spiro atoms. The Labute approximate surface area is 117 Å². The molecule has 0 fully saturated rings. The third-order valence-electron chi connectivity index (χ3n) is 2.73. The third kappa shape index (κ3) is 5.13. The summed E-state index contributed by atoms with van der Waals surface area (Å²) < 4.78 is 61.0. The van der Waals surface area contributed by atoms with Gasteiger partial charge < -0.3 is 5.32 Å². The maximum atomic E-state index is 12.4. The second-order valence-corrected chi connectivity index (χ2v) is 6.55. The van der Waals surface area contributed by atoms with Gasteiger partial charge in [-0.15, -0.1) is 0 Å². The Bertz CT molecular complexity index is 509. The number of halogens is 3. The number of alkyl halides is 3. The molecule has 0 aliphatic heterocycles. The molecule has 0 saturated carbocycles. The van der Waals surface area contributed by atoms with Gasteiger partial charge in [0.1, 0.15) is 0 Å². The van der Waals surface area contributed by atoms with Crippen LogP contribution in [0.15, 0.2) is 29.2 Å². The number of sulfone groups is 1. The molecule has 3 nitrogen and oxygen atoms in total. The molecule has 1 aromatic rings. The molecule has 7 heteroatoms. The zero-order chi connectivity index (χ0) is 15.2. The Balaban J connectivity index is 2.64. The fourth-order valence-corrected chi connectivity index (χ4v) is 2.97. The van der Waals surface area contributed by atoms with Crippen LogP contribution in [0.4, 0.5) is 13.2 Å². The van der Waals surface area contributed by atoms with E-state index in [9.17, 15) is 21.6 Å². The summed E-state index contributed by atoms with van der Waals surface area (Å²) in [5, 5.41) is 3.07. The van der Waals surface area contributed by atoms with Crippen LogP contribution in [-0.4, -0.2) is 27.3 Å². The average molecular weight is 309 g/mol. The van der Waals surface area contributed by atoms with Crippen molar-refractivity contribution < 1.29 is 21.6 Å². The largest absolute Gasteiger partial charge is 0.416 e. The Morgan fingerprint density at radius 3 is 2.20 bits per heavy atom. The van der Waals surface area contributed by atoms with Gasteiger partial charge in [0.15, 0.2) is 9.84 Å². The maximum absolute atomic E-state index is 12.4. The van der Waals surface area contributed by atoms with Crippen LogP contribution in [0.2, 0.25) is 0 Å². The van der Waals surface area contributed by atoms with Gasteiger partial charge in [0, 0.05) is 0 Å². The molecule has 20 heavy (non-hydrogen) atoms. The molecular formula is C13H18F3NO2S. The highest BCUT2D eigenvalue weighted by molar-refractivity contribution is 7.91. The summed E-state index contributed by atoms with van der Waals surface area (Å²) >= 11 is 0. The summed E-state index contributed by atoms with van der Waals surface area (Å²) in [6, 6.07) is 3.61. The number of hydrogen-bond acceptors (Lipinski definition) is 3. The number of nitrogens with one attached hydrogen (secondary N) is 1. The molecular weight excluding hydrogens is 291 g/mol. The molecule has 0 bridgehead atoms. The molecule has 0 unspecified atom stereocenters. The van der Waals surface area contributed by atoms with Gasteiger partial charge in [-0.25, -0.2) is 8.42 Å². The van der Waals surface area contributed by atoms with Gasteiger partial charge in [0.05, 0.1) is 16.2 Å². The first-order chi connectivity index (χ1) is 9.27. The lowest BCUT2D eigenvalue weighted by molar-refractivity contribution is -0.137. The van der Waals surface area contributed by atoms with E-state index < -0.39 is 21.6 Å². The Morgan fingerprint density at radius 2 is 1.70 bits per heavy atom. The molecule has 0 heterocycles. The number of benzene rings is 1. The van der Waals surface area contributed by atoms with E-state index in [2.05, 4.69) is 5.32 Å². The van der Waals surface area contributed by atoms with Crippen molar-refractivity contribution in [1.82, 2.24) is 5.32 Å². The highest BCUT2D eigenvalue weighted by Crippen LogP contribution is 2.29. The van der Waals surface area contributed by atoms with Crippen LogP contribution in [0.5, 0.6) is 0 Å². The van der Waals surface area contributed by atoms with E-state index in [4.69, 9.17) is 0 Å². The van der Waals surface area contributed by atoms with Crippen LogP contribution < -0.4 is 5.32 Å². The maximum Gasteiger partial charge on any atom is 0.416 e. The lowest BCUT2D eigenvalue weighted by Gasteiger charge is -2.08. The summed E-state index contributed by atoms with van der Waals surface area (Å²) in [5.41, 5.74) is -0.846. The highest BCUT2D eigenvalue weighted by atomic mass is 32.2. The topological polar surface area (TPSA) is 46.2 Å². The van der Waals surface area contributed by atoms with Gasteiger partial charge in [0.25, 0.3) is 0 Å². The molecule has 1 aromatic carbocycles. The van der Waals surface area contributed by atoms with Crippen molar-refractivity contribution in [1.29, 1.82) is 0 Å². The standard InChI is InChI=1S/C13H18F3NO2S/c1-2-8-17-9-3-10-20(18,19)12-6-4-11(5-7-12)13(14,15)16/h4-7,17H,2-3,8-10H2,1H3. The monoisotopic (exact) mass is 309 g/mol. The lowest BCUT2D eigenvalue weighted by Crippen LogP contribution is -2.19. The molecule has 0 amide bonds. The van der Waals surface area contributed by atoms with E-state index in [0.29, 0.717) is 13.0 Å². The summed E-state index contributed by atoms with van der Waals surface area (Å²) in [6.07, 6.45) is -3.05. The molecule has 0 aliphatic rings. The minimum absolute atomic E-state index is 0.0685. The first kappa shape index (κ1) is 17.0. The summed E-state index contributed by atoms with van der Waals surface area (Å²) in [4.78, 5) is -0.0685. The Hall–Kier alpha value is -1.08. The third-order valence-corrected chi connectivity index (χ3v) is 4.55. The van der Waals surface area contributed by atoms with Crippen LogP contribution in [0.3, 0.4) is 0 Å². The second kappa shape index (κ2) is 7.08. The molecule has 114 valence electrons. The first-order valence-electron chi connectivity index (χ1n) is 6.38. The quantitative estimate of drug-likeness (QED) is 0.788. The van der Waals surface area contributed by atoms with Crippen molar-refractivity contribution in [3.63, 3.8) is 0 Å². The molecule has 0 aromatic heterocycles. The van der Waals surface area contributed by atoms with E-state index in [1.165, 1.54) is 0 Å². The molecule has 0 aliphatic carbocycles. The van der Waals surface area contributed by atoms with Crippen molar-refractivity contribution >= 4 is 9.84 Å². The van der Waals surface area contributed by atoms with Crippen LogP contribution in [-0.2, 0) is 16.0 Å². The Morgan fingerprint density at radius 1 is 1.10 bits per heavy atom. The first-order valence-corrected chi connectivity index (χ1v) is 8.03. The van der Waals surface area contributed by atoms with Crippen LogP contribution in [0, 0.1) is 0 Å². The van der Waals surface area contributed by atoms with Gasteiger partial charge in [0.2, 0.25) is 0 Å². The van der Waals surface area contributed by atoms with Gasteiger partial charge in [-0.3, -0.25) is 0 Å². The van der Waals surface area contributed by atoms with E-state index in [0.717, 1.165) is 37.2 Å². The lowest BCUT2D eigenvalue weighted by atomic mass is 10.2. The van der Waals surface area contributed by atoms with Crippen molar-refractivity contribution in [2.75, 3.05) is 18.8 Å². The summed E-state index contributed by atoms with van der Waals surface area (Å²) in [6.45, 7) is 3.40. The predicted octanol–water partition coefficient (Wildman–Crippen LogP) is 2.87. The van der Waals surface area contributed by atoms with Crippen molar-refractivity contribution in [3.05, 3.63) is 29.8 Å². The van der Waals surface area contributed by atoms with E-state index in [-0.39, 0.29) is 10.6 Å². The van der Waals surface area contributed by atoms with Gasteiger partial charge >= 0.3 is 6.18 Å². The van der Waals surface area contributed by atoms with E-state index in [1.807, 2.05) is 6.92 Å². The van der Waals surface area contributed by atoms with E-state index >= 15 is 0 Å². The van der Waals surface area contributed by atoms with Crippen molar-refractivity contribution in [2.45, 2.75) is 30.8 Å². The average Bonchev–Trinajstić information content (AvgIpc) is 2.37. The fraction of sp³-hybridized carbons (Fsp3) is 0.538. The smallest absolute Gasteiger partial charge is 0.317 e. The minimum atomic E-state index is -4.45. The molecule has 0 radical (unpaired) electrons. The zero-order valence-electron chi connectivity index (χ0n) is 11.2. The fourth-order valence-electron chi connectivity index (χ4n) is 1.66. The SMILES string of the molecule is CCCNCCCS(=O)(=O)c1ccc(C(F)(F)F)cc1. The normalized spacial score (nSPS) is 12.6. The van der Waals surface area contributed by atoms with Gasteiger partial charge in [-0.05, 0) is 50.2 Å². The van der Waals surface area contributed by atoms with Crippen molar-refractivity contribution in [3.8, 4) is 0 Å². The molecule has 0 saturated heterocycles. The van der Waals surface area contributed by atoms with E-state index in [1.54, 1.807) is 0 Å². The van der Waals surface area contributed by atoms with Gasteiger partial charge in [-0.2, -0.15) is 13.2 Å². The highest BCUT2D eigenvalue weighted by Gasteiger charge is 2.30. The summed E-state index contributed by atoms with van der Waals surface area (Å²) in [5.74, 6) is -0.0743. The number of hydrogen-bond donors (Lipinski definition) is 1. The van der Waals surface area contributed by atoms with Crippen LogP contribution in [0.1, 0.15) is 25.3 Å². The molecule has 1 N–H and O–H groups in total. The summed E-state index contributed by atoms with van der Waals surface area (Å²) in [7, 11) is -3.52. The minimum Gasteiger partial charge on any atom is -0.317 e. The van der Waals surface area contributed by atoms with Crippen LogP contribution in [0.25, 0.3) is 0 Å². The number of rotatable bonds is 7. The van der Waals surface area contributed by atoms with Crippen LogP contribution >= 0.6 is 0 Å². The van der Waals surface area contributed by atoms with Crippen molar-refractivity contribution in [2.24, 2.45) is 0 Å². The van der Waals surface area contributed by atoms with Gasteiger partial charge in [-0.1, -0.05) is 6.92 Å². The second-order valence-electron chi connectivity index (χ2n) is 4.44.